The largest absolute Gasteiger partial charge is 0.335 e. The first-order valence-corrected chi connectivity index (χ1v) is 5.60. The zero-order valence-corrected chi connectivity index (χ0v) is 9.03. The van der Waals surface area contributed by atoms with E-state index in [9.17, 15) is 0 Å². The lowest BCUT2D eigenvalue weighted by molar-refractivity contribution is 0.505. The highest BCUT2D eigenvalue weighted by molar-refractivity contribution is 5.12. The van der Waals surface area contributed by atoms with Gasteiger partial charge in [0.15, 0.2) is 0 Å². The lowest BCUT2D eigenvalue weighted by atomic mass is 9.95. The van der Waals surface area contributed by atoms with Crippen LogP contribution in [0.2, 0.25) is 0 Å². The second kappa shape index (κ2) is 4.13. The maximum atomic E-state index is 4.24. The highest BCUT2D eigenvalue weighted by Gasteiger charge is 2.28. The van der Waals surface area contributed by atoms with Crippen molar-refractivity contribution in [2.75, 3.05) is 6.54 Å². The minimum atomic E-state index is 0.650. The minimum absolute atomic E-state index is 0.650. The molecule has 1 aromatic heterocycles. The second-order valence-electron chi connectivity index (χ2n) is 3.97. The summed E-state index contributed by atoms with van der Waals surface area (Å²) >= 11 is 0. The molecule has 14 heavy (non-hydrogen) atoms. The molecule has 1 fully saturated rings. The predicted molar refractivity (Wildman–Crippen MR) is 57.3 cm³/mol. The molecule has 2 atom stereocenters. The Morgan fingerprint density at radius 1 is 1.57 bits per heavy atom. The van der Waals surface area contributed by atoms with Crippen LogP contribution in [0.4, 0.5) is 0 Å². The summed E-state index contributed by atoms with van der Waals surface area (Å²) in [7, 11) is 0. The van der Waals surface area contributed by atoms with E-state index in [-0.39, 0.29) is 0 Å². The Balaban J connectivity index is 2.21. The third-order valence-electron chi connectivity index (χ3n) is 3.25. The standard InChI is InChI=1S/C11H19N3/c1-3-10-9(5-6-13-10)11-7-12-8-14(11)4-2/h7-10,13H,3-6H2,1-2H3. The molecule has 0 bridgehead atoms. The molecule has 2 heterocycles. The van der Waals surface area contributed by atoms with Crippen molar-refractivity contribution < 1.29 is 0 Å². The van der Waals surface area contributed by atoms with Crippen LogP contribution in [0.25, 0.3) is 0 Å². The van der Waals surface area contributed by atoms with E-state index in [0.717, 1.165) is 13.1 Å². The van der Waals surface area contributed by atoms with Gasteiger partial charge in [-0.2, -0.15) is 0 Å². The maximum absolute atomic E-state index is 4.24. The van der Waals surface area contributed by atoms with Crippen molar-refractivity contribution in [3.8, 4) is 0 Å². The lowest BCUT2D eigenvalue weighted by Gasteiger charge is -2.18. The molecule has 0 radical (unpaired) electrons. The van der Waals surface area contributed by atoms with E-state index in [1.165, 1.54) is 18.5 Å². The fourth-order valence-electron chi connectivity index (χ4n) is 2.45. The Bertz CT molecular complexity index is 292. The topological polar surface area (TPSA) is 29.9 Å². The molecule has 3 heteroatoms. The van der Waals surface area contributed by atoms with E-state index in [1.807, 2.05) is 12.5 Å². The van der Waals surface area contributed by atoms with Gasteiger partial charge in [0, 0.05) is 30.4 Å². The zero-order valence-electron chi connectivity index (χ0n) is 9.03. The Hall–Kier alpha value is -0.830. The molecule has 1 aliphatic heterocycles. The molecule has 1 saturated heterocycles. The number of nitrogens with one attached hydrogen (secondary N) is 1. The van der Waals surface area contributed by atoms with Gasteiger partial charge in [-0.05, 0) is 26.3 Å². The molecule has 0 amide bonds. The summed E-state index contributed by atoms with van der Waals surface area (Å²) in [5.41, 5.74) is 1.41. The number of aromatic nitrogens is 2. The fraction of sp³-hybridized carbons (Fsp3) is 0.727. The van der Waals surface area contributed by atoms with Crippen molar-refractivity contribution in [2.24, 2.45) is 0 Å². The van der Waals surface area contributed by atoms with Gasteiger partial charge in [-0.25, -0.2) is 4.98 Å². The average Bonchev–Trinajstić information content (AvgIpc) is 2.85. The minimum Gasteiger partial charge on any atom is -0.335 e. The van der Waals surface area contributed by atoms with E-state index in [2.05, 4.69) is 28.7 Å². The normalized spacial score (nSPS) is 27.0. The monoisotopic (exact) mass is 193 g/mol. The van der Waals surface area contributed by atoms with Crippen LogP contribution in [-0.2, 0) is 6.54 Å². The van der Waals surface area contributed by atoms with Crippen LogP contribution < -0.4 is 5.32 Å². The van der Waals surface area contributed by atoms with E-state index in [4.69, 9.17) is 0 Å². The lowest BCUT2D eigenvalue weighted by Crippen LogP contribution is -2.25. The summed E-state index contributed by atoms with van der Waals surface area (Å²) in [6.07, 6.45) is 6.44. The molecule has 0 aliphatic carbocycles. The van der Waals surface area contributed by atoms with Gasteiger partial charge in [0.25, 0.3) is 0 Å². The van der Waals surface area contributed by atoms with Gasteiger partial charge in [-0.3, -0.25) is 0 Å². The van der Waals surface area contributed by atoms with Crippen LogP contribution in [0.15, 0.2) is 12.5 Å². The van der Waals surface area contributed by atoms with Gasteiger partial charge in [-0.1, -0.05) is 6.92 Å². The third-order valence-corrected chi connectivity index (χ3v) is 3.25. The van der Waals surface area contributed by atoms with Gasteiger partial charge in [-0.15, -0.1) is 0 Å². The van der Waals surface area contributed by atoms with Crippen LogP contribution >= 0.6 is 0 Å². The zero-order chi connectivity index (χ0) is 9.97. The molecular formula is C11H19N3. The van der Waals surface area contributed by atoms with E-state index >= 15 is 0 Å². The number of imidazole rings is 1. The summed E-state index contributed by atoms with van der Waals surface area (Å²) in [6.45, 7) is 6.61. The molecule has 78 valence electrons. The number of aryl methyl sites for hydroxylation is 1. The highest BCUT2D eigenvalue weighted by atomic mass is 15.1. The van der Waals surface area contributed by atoms with E-state index < -0.39 is 0 Å². The molecule has 1 aliphatic rings. The Kier molecular flexibility index (Phi) is 2.87. The van der Waals surface area contributed by atoms with Gasteiger partial charge in [0.05, 0.1) is 6.33 Å². The molecule has 0 spiro atoms. The van der Waals surface area contributed by atoms with Gasteiger partial charge >= 0.3 is 0 Å². The number of hydrogen-bond donors (Lipinski definition) is 1. The van der Waals surface area contributed by atoms with Crippen molar-refractivity contribution in [3.63, 3.8) is 0 Å². The van der Waals surface area contributed by atoms with Gasteiger partial charge in [0.1, 0.15) is 0 Å². The summed E-state index contributed by atoms with van der Waals surface area (Å²) in [6, 6.07) is 0.650. The fourth-order valence-corrected chi connectivity index (χ4v) is 2.45. The Morgan fingerprint density at radius 2 is 2.43 bits per heavy atom. The molecule has 0 aromatic carbocycles. The third kappa shape index (κ3) is 1.57. The van der Waals surface area contributed by atoms with E-state index in [0.29, 0.717) is 12.0 Å². The van der Waals surface area contributed by atoms with Crippen LogP contribution in [0.3, 0.4) is 0 Å². The van der Waals surface area contributed by atoms with Gasteiger partial charge < -0.3 is 9.88 Å². The summed E-state index contributed by atoms with van der Waals surface area (Å²) in [5, 5.41) is 3.55. The molecule has 1 aromatic rings. The SMILES string of the molecule is CCC1NCCC1c1cncn1CC. The quantitative estimate of drug-likeness (QED) is 0.792. The molecule has 2 rings (SSSR count). The number of rotatable bonds is 3. The van der Waals surface area contributed by atoms with Crippen LogP contribution in [-0.4, -0.2) is 22.1 Å². The first-order chi connectivity index (χ1) is 6.86. The van der Waals surface area contributed by atoms with Crippen LogP contribution in [0.1, 0.15) is 38.3 Å². The predicted octanol–water partition coefficient (Wildman–Crippen LogP) is 1.76. The van der Waals surface area contributed by atoms with Crippen molar-refractivity contribution in [2.45, 2.75) is 45.2 Å². The smallest absolute Gasteiger partial charge is 0.0948 e. The van der Waals surface area contributed by atoms with Crippen molar-refractivity contribution in [3.05, 3.63) is 18.2 Å². The molecular weight excluding hydrogens is 174 g/mol. The first kappa shape index (κ1) is 9.71. The number of nitrogens with zero attached hydrogens (tertiary/aromatic N) is 2. The Morgan fingerprint density at radius 3 is 3.14 bits per heavy atom. The molecule has 3 nitrogen and oxygen atoms in total. The maximum Gasteiger partial charge on any atom is 0.0948 e. The summed E-state index contributed by atoms with van der Waals surface area (Å²) in [4.78, 5) is 4.24. The van der Waals surface area contributed by atoms with Crippen molar-refractivity contribution in [1.82, 2.24) is 14.9 Å². The Labute approximate surface area is 85.5 Å². The van der Waals surface area contributed by atoms with Crippen molar-refractivity contribution >= 4 is 0 Å². The average molecular weight is 193 g/mol. The van der Waals surface area contributed by atoms with E-state index in [1.54, 1.807) is 0 Å². The summed E-state index contributed by atoms with van der Waals surface area (Å²) < 4.78 is 2.26. The molecule has 2 unspecified atom stereocenters. The summed E-state index contributed by atoms with van der Waals surface area (Å²) in [5.74, 6) is 0.669. The van der Waals surface area contributed by atoms with Gasteiger partial charge in [0.2, 0.25) is 0 Å². The molecule has 1 N–H and O–H groups in total. The van der Waals surface area contributed by atoms with Crippen LogP contribution in [0, 0.1) is 0 Å². The molecule has 0 saturated carbocycles. The highest BCUT2D eigenvalue weighted by Crippen LogP contribution is 2.28. The van der Waals surface area contributed by atoms with Crippen molar-refractivity contribution in [1.29, 1.82) is 0 Å². The first-order valence-electron chi connectivity index (χ1n) is 5.60. The number of hydrogen-bond acceptors (Lipinski definition) is 2. The van der Waals surface area contributed by atoms with Crippen LogP contribution in [0.5, 0.6) is 0 Å². The second-order valence-corrected chi connectivity index (χ2v) is 3.97.